The highest BCUT2D eigenvalue weighted by molar-refractivity contribution is 6.30. The molecule has 2 rings (SSSR count). The zero-order valence-corrected chi connectivity index (χ0v) is 11.2. The van der Waals surface area contributed by atoms with Gasteiger partial charge in [0.15, 0.2) is 0 Å². The molecule has 94 valence electrons. The first-order valence-corrected chi connectivity index (χ1v) is 6.08. The monoisotopic (exact) mass is 262 g/mol. The van der Waals surface area contributed by atoms with E-state index in [4.69, 9.17) is 22.1 Å². The van der Waals surface area contributed by atoms with Crippen molar-refractivity contribution in [3.8, 4) is 11.6 Å². The standard InChI is InChI=1S/C14H15ClN2O/c1-9-6-11(15)7-10(2)14(9)18-13-5-3-4-12(8-16)17-13/h3-7H,8,16H2,1-2H3. The van der Waals surface area contributed by atoms with Gasteiger partial charge in [0.25, 0.3) is 0 Å². The summed E-state index contributed by atoms with van der Waals surface area (Å²) in [7, 11) is 0. The molecule has 0 aliphatic rings. The summed E-state index contributed by atoms with van der Waals surface area (Å²) in [5.41, 5.74) is 8.33. The minimum Gasteiger partial charge on any atom is -0.438 e. The van der Waals surface area contributed by atoms with Crippen LogP contribution in [0.2, 0.25) is 5.02 Å². The molecule has 0 aliphatic heterocycles. The third kappa shape index (κ3) is 2.81. The molecule has 1 heterocycles. The first-order valence-electron chi connectivity index (χ1n) is 5.70. The van der Waals surface area contributed by atoms with Gasteiger partial charge in [-0.1, -0.05) is 17.7 Å². The molecule has 2 aromatic rings. The molecule has 1 aromatic carbocycles. The number of benzene rings is 1. The minimum absolute atomic E-state index is 0.399. The van der Waals surface area contributed by atoms with Crippen LogP contribution in [-0.4, -0.2) is 4.98 Å². The fourth-order valence-corrected chi connectivity index (χ4v) is 2.12. The summed E-state index contributed by atoms with van der Waals surface area (Å²) in [6, 6.07) is 9.31. The molecule has 0 spiro atoms. The Labute approximate surface area is 112 Å². The van der Waals surface area contributed by atoms with Crippen molar-refractivity contribution >= 4 is 11.6 Å². The van der Waals surface area contributed by atoms with Gasteiger partial charge >= 0.3 is 0 Å². The highest BCUT2D eigenvalue weighted by Crippen LogP contribution is 2.30. The lowest BCUT2D eigenvalue weighted by atomic mass is 10.1. The molecule has 0 amide bonds. The number of aryl methyl sites for hydroxylation is 2. The third-order valence-corrected chi connectivity index (χ3v) is 2.84. The molecule has 0 radical (unpaired) electrons. The summed E-state index contributed by atoms with van der Waals surface area (Å²) in [6.45, 7) is 4.32. The quantitative estimate of drug-likeness (QED) is 0.919. The van der Waals surface area contributed by atoms with Gasteiger partial charge in [-0.2, -0.15) is 0 Å². The zero-order valence-electron chi connectivity index (χ0n) is 10.4. The van der Waals surface area contributed by atoms with E-state index in [1.807, 2.05) is 44.2 Å². The Hall–Kier alpha value is -1.58. The van der Waals surface area contributed by atoms with Crippen molar-refractivity contribution in [3.63, 3.8) is 0 Å². The highest BCUT2D eigenvalue weighted by atomic mass is 35.5. The largest absolute Gasteiger partial charge is 0.438 e. The van der Waals surface area contributed by atoms with E-state index in [1.54, 1.807) is 0 Å². The van der Waals surface area contributed by atoms with Gasteiger partial charge in [0.2, 0.25) is 5.88 Å². The second-order valence-corrected chi connectivity index (χ2v) is 4.58. The van der Waals surface area contributed by atoms with Crippen molar-refractivity contribution in [2.24, 2.45) is 5.73 Å². The number of halogens is 1. The Morgan fingerprint density at radius 2 is 1.89 bits per heavy atom. The first-order chi connectivity index (χ1) is 8.60. The Morgan fingerprint density at radius 1 is 1.22 bits per heavy atom. The normalized spacial score (nSPS) is 10.4. The smallest absolute Gasteiger partial charge is 0.219 e. The van der Waals surface area contributed by atoms with Crippen LogP contribution < -0.4 is 10.5 Å². The number of hydrogen-bond donors (Lipinski definition) is 1. The molecular weight excluding hydrogens is 248 g/mol. The molecule has 3 nitrogen and oxygen atoms in total. The van der Waals surface area contributed by atoms with Crippen LogP contribution in [0, 0.1) is 13.8 Å². The van der Waals surface area contributed by atoms with Crippen LogP contribution in [0.15, 0.2) is 30.3 Å². The van der Waals surface area contributed by atoms with E-state index < -0.39 is 0 Å². The minimum atomic E-state index is 0.399. The van der Waals surface area contributed by atoms with Crippen LogP contribution in [-0.2, 0) is 6.54 Å². The van der Waals surface area contributed by atoms with E-state index in [2.05, 4.69) is 4.98 Å². The van der Waals surface area contributed by atoms with Gasteiger partial charge < -0.3 is 10.5 Å². The summed E-state index contributed by atoms with van der Waals surface area (Å²) in [6.07, 6.45) is 0. The SMILES string of the molecule is Cc1cc(Cl)cc(C)c1Oc1cccc(CN)n1. The van der Waals surface area contributed by atoms with Gasteiger partial charge in [-0.3, -0.25) is 0 Å². The van der Waals surface area contributed by atoms with Crippen molar-refractivity contribution in [3.05, 3.63) is 52.2 Å². The summed E-state index contributed by atoms with van der Waals surface area (Å²) >= 11 is 5.99. The maximum atomic E-state index is 5.99. The maximum absolute atomic E-state index is 5.99. The molecule has 0 unspecified atom stereocenters. The Kier molecular flexibility index (Phi) is 3.84. The number of hydrogen-bond acceptors (Lipinski definition) is 3. The molecule has 0 atom stereocenters. The van der Waals surface area contributed by atoms with Crippen LogP contribution in [0.3, 0.4) is 0 Å². The van der Waals surface area contributed by atoms with Crippen molar-refractivity contribution in [1.29, 1.82) is 0 Å². The second kappa shape index (κ2) is 5.38. The molecule has 18 heavy (non-hydrogen) atoms. The molecule has 0 bridgehead atoms. The van der Waals surface area contributed by atoms with Gasteiger partial charge in [0.1, 0.15) is 5.75 Å². The molecule has 4 heteroatoms. The van der Waals surface area contributed by atoms with E-state index in [1.165, 1.54) is 0 Å². The first kappa shape index (κ1) is 12.9. The Morgan fingerprint density at radius 3 is 2.50 bits per heavy atom. The number of rotatable bonds is 3. The average molecular weight is 263 g/mol. The maximum Gasteiger partial charge on any atom is 0.219 e. The number of pyridine rings is 1. The number of nitrogens with two attached hydrogens (primary N) is 1. The zero-order chi connectivity index (χ0) is 13.1. The summed E-state index contributed by atoms with van der Waals surface area (Å²) in [5.74, 6) is 1.34. The van der Waals surface area contributed by atoms with Gasteiger partial charge in [-0.05, 0) is 43.2 Å². The van der Waals surface area contributed by atoms with Crippen molar-refractivity contribution in [2.45, 2.75) is 20.4 Å². The van der Waals surface area contributed by atoms with Crippen LogP contribution in [0.4, 0.5) is 0 Å². The summed E-state index contributed by atoms with van der Waals surface area (Å²) < 4.78 is 5.81. The molecule has 2 N–H and O–H groups in total. The lowest BCUT2D eigenvalue weighted by Crippen LogP contribution is -2.01. The van der Waals surface area contributed by atoms with Crippen molar-refractivity contribution in [1.82, 2.24) is 4.98 Å². The van der Waals surface area contributed by atoms with Gasteiger partial charge in [0.05, 0.1) is 5.69 Å². The van der Waals surface area contributed by atoms with Crippen LogP contribution in [0.1, 0.15) is 16.8 Å². The third-order valence-electron chi connectivity index (χ3n) is 2.62. The lowest BCUT2D eigenvalue weighted by Gasteiger charge is -2.12. The summed E-state index contributed by atoms with van der Waals surface area (Å²) in [5, 5.41) is 0.709. The van der Waals surface area contributed by atoms with E-state index in [9.17, 15) is 0 Å². The molecule has 1 aromatic heterocycles. The van der Waals surface area contributed by atoms with Gasteiger partial charge in [-0.25, -0.2) is 4.98 Å². The average Bonchev–Trinajstić information content (AvgIpc) is 2.34. The molecule has 0 aliphatic carbocycles. The van der Waals surface area contributed by atoms with Crippen molar-refractivity contribution < 1.29 is 4.74 Å². The lowest BCUT2D eigenvalue weighted by molar-refractivity contribution is 0.454. The number of aromatic nitrogens is 1. The van der Waals surface area contributed by atoms with E-state index in [0.29, 0.717) is 17.4 Å². The summed E-state index contributed by atoms with van der Waals surface area (Å²) in [4.78, 5) is 4.31. The van der Waals surface area contributed by atoms with E-state index >= 15 is 0 Å². The predicted octanol–water partition coefficient (Wildman–Crippen LogP) is 3.60. The molecular formula is C14H15ClN2O. The molecule has 0 saturated heterocycles. The second-order valence-electron chi connectivity index (χ2n) is 4.14. The van der Waals surface area contributed by atoms with Gasteiger partial charge in [-0.15, -0.1) is 0 Å². The van der Waals surface area contributed by atoms with Crippen LogP contribution in [0.25, 0.3) is 0 Å². The number of nitrogens with zero attached hydrogens (tertiary/aromatic N) is 1. The Balaban J connectivity index is 2.33. The fourth-order valence-electron chi connectivity index (χ4n) is 1.79. The van der Waals surface area contributed by atoms with E-state index in [0.717, 1.165) is 22.6 Å². The predicted molar refractivity (Wildman–Crippen MR) is 73.1 cm³/mol. The fraction of sp³-hybridized carbons (Fsp3) is 0.214. The molecule has 0 saturated carbocycles. The van der Waals surface area contributed by atoms with Crippen LogP contribution in [0.5, 0.6) is 11.6 Å². The number of ether oxygens (including phenoxy) is 1. The highest BCUT2D eigenvalue weighted by Gasteiger charge is 2.08. The van der Waals surface area contributed by atoms with Gasteiger partial charge in [0, 0.05) is 17.6 Å². The topological polar surface area (TPSA) is 48.1 Å². The van der Waals surface area contributed by atoms with Crippen LogP contribution >= 0.6 is 11.6 Å². The molecule has 0 fully saturated rings. The Bertz CT molecular complexity index is 546. The van der Waals surface area contributed by atoms with E-state index in [-0.39, 0.29) is 0 Å². The van der Waals surface area contributed by atoms with Crippen molar-refractivity contribution in [2.75, 3.05) is 0 Å².